The number of anilines is 1. The quantitative estimate of drug-likeness (QED) is 0.433. The van der Waals surface area contributed by atoms with E-state index in [1.54, 1.807) is 17.5 Å². The van der Waals surface area contributed by atoms with Crippen LogP contribution < -0.4 is 15.4 Å². The fourth-order valence-electron chi connectivity index (χ4n) is 2.95. The fraction of sp³-hybridized carbons (Fsp3) is 0.333. The van der Waals surface area contributed by atoms with Crippen LogP contribution in [-0.2, 0) is 0 Å². The zero-order chi connectivity index (χ0) is 21.7. The largest absolute Gasteiger partial charge is 0.491 e. The summed E-state index contributed by atoms with van der Waals surface area (Å²) in [6.45, 7) is 6.20. The molecule has 3 rings (SSSR count). The van der Waals surface area contributed by atoms with Crippen LogP contribution in [0.25, 0.3) is 5.65 Å². The van der Waals surface area contributed by atoms with Crippen molar-refractivity contribution in [2.45, 2.75) is 40.0 Å². The van der Waals surface area contributed by atoms with E-state index < -0.39 is 11.7 Å². The lowest BCUT2D eigenvalue weighted by Crippen LogP contribution is -2.35. The molecule has 0 aliphatic rings. The number of aromatic nitrogens is 3. The molecule has 1 aromatic carbocycles. The predicted molar refractivity (Wildman–Crippen MR) is 118 cm³/mol. The zero-order valence-corrected chi connectivity index (χ0v) is 18.0. The van der Waals surface area contributed by atoms with Gasteiger partial charge in [-0.3, -0.25) is 10.1 Å². The second kappa shape index (κ2) is 9.62. The second-order valence-electron chi connectivity index (χ2n) is 6.92. The third-order valence-electron chi connectivity index (χ3n) is 4.51. The fourth-order valence-corrected chi connectivity index (χ4v) is 3.16. The molecule has 0 aliphatic heterocycles. The highest BCUT2D eigenvalue weighted by molar-refractivity contribution is 7.80. The summed E-state index contributed by atoms with van der Waals surface area (Å²) < 4.78 is 21.3. The maximum absolute atomic E-state index is 14.2. The summed E-state index contributed by atoms with van der Waals surface area (Å²) in [5.74, 6) is -0.731. The number of benzene rings is 1. The van der Waals surface area contributed by atoms with Crippen molar-refractivity contribution >= 4 is 34.6 Å². The van der Waals surface area contributed by atoms with Crippen molar-refractivity contribution in [3.8, 4) is 5.75 Å². The van der Waals surface area contributed by atoms with Gasteiger partial charge < -0.3 is 10.1 Å². The van der Waals surface area contributed by atoms with Crippen molar-refractivity contribution in [3.05, 3.63) is 53.2 Å². The Labute approximate surface area is 179 Å². The Balaban J connectivity index is 1.62. The van der Waals surface area contributed by atoms with E-state index >= 15 is 0 Å². The van der Waals surface area contributed by atoms with Gasteiger partial charge in [-0.1, -0.05) is 19.8 Å². The van der Waals surface area contributed by atoms with Gasteiger partial charge in [-0.2, -0.15) is 5.10 Å². The van der Waals surface area contributed by atoms with Gasteiger partial charge in [-0.25, -0.2) is 13.9 Å². The molecule has 2 heterocycles. The van der Waals surface area contributed by atoms with Crippen LogP contribution in [0.1, 0.15) is 47.9 Å². The highest BCUT2D eigenvalue weighted by atomic mass is 32.1. The number of rotatable bonds is 7. The molecule has 2 aromatic heterocycles. The summed E-state index contributed by atoms with van der Waals surface area (Å²) in [6, 6.07) is 6.28. The van der Waals surface area contributed by atoms with E-state index in [1.165, 1.54) is 18.3 Å². The average molecular weight is 430 g/mol. The van der Waals surface area contributed by atoms with Crippen molar-refractivity contribution in [2.24, 2.45) is 0 Å². The first-order valence-electron chi connectivity index (χ1n) is 9.75. The molecule has 9 heteroatoms. The number of ether oxygens (including phenoxy) is 1. The Morgan fingerprint density at radius 2 is 2.07 bits per heavy atom. The van der Waals surface area contributed by atoms with Crippen LogP contribution in [0.3, 0.4) is 0 Å². The minimum absolute atomic E-state index is 0.0483. The van der Waals surface area contributed by atoms with Crippen LogP contribution in [0, 0.1) is 19.7 Å². The van der Waals surface area contributed by atoms with Gasteiger partial charge in [0.2, 0.25) is 0 Å². The summed E-state index contributed by atoms with van der Waals surface area (Å²) in [4.78, 5) is 16.8. The summed E-state index contributed by atoms with van der Waals surface area (Å²) in [6.07, 6.45) is 4.47. The molecule has 7 nitrogen and oxygen atoms in total. The molecule has 0 saturated carbocycles. The number of carbonyl (C=O) groups is 1. The molecule has 0 saturated heterocycles. The Morgan fingerprint density at radius 3 is 2.80 bits per heavy atom. The molecule has 0 atom stereocenters. The normalized spacial score (nSPS) is 10.8. The third kappa shape index (κ3) is 5.10. The third-order valence-corrected chi connectivity index (χ3v) is 4.72. The van der Waals surface area contributed by atoms with Gasteiger partial charge in [-0.05, 0) is 44.6 Å². The van der Waals surface area contributed by atoms with Crippen LogP contribution >= 0.6 is 12.2 Å². The number of nitrogens with zero attached hydrogens (tertiary/aromatic N) is 3. The van der Waals surface area contributed by atoms with Crippen LogP contribution in [0.5, 0.6) is 5.75 Å². The van der Waals surface area contributed by atoms with Crippen molar-refractivity contribution < 1.29 is 13.9 Å². The number of aryl methyl sites for hydroxylation is 2. The molecule has 30 heavy (non-hydrogen) atoms. The molecule has 0 bridgehead atoms. The first kappa shape index (κ1) is 21.6. The molecule has 3 aromatic rings. The number of hydrogen-bond donors (Lipinski definition) is 2. The summed E-state index contributed by atoms with van der Waals surface area (Å²) in [7, 11) is 0. The van der Waals surface area contributed by atoms with E-state index in [0.29, 0.717) is 29.2 Å². The molecule has 0 unspecified atom stereocenters. The SMILES string of the molecule is CCCCCOc1ccc(NC(=S)NC(=O)c2cnc3cc(C)nn3c2C)cc1F. The summed E-state index contributed by atoms with van der Waals surface area (Å²) in [5.41, 5.74) is 2.86. The minimum atomic E-state index is -0.495. The number of fused-ring (bicyclic) bond motifs is 1. The predicted octanol–water partition coefficient (Wildman–Crippen LogP) is 4.18. The Morgan fingerprint density at radius 1 is 1.27 bits per heavy atom. The van der Waals surface area contributed by atoms with E-state index in [0.717, 1.165) is 25.0 Å². The number of carbonyl (C=O) groups excluding carboxylic acids is 1. The van der Waals surface area contributed by atoms with Crippen molar-refractivity contribution in [1.82, 2.24) is 19.9 Å². The van der Waals surface area contributed by atoms with Gasteiger partial charge in [0.25, 0.3) is 5.91 Å². The standard InChI is InChI=1S/C21H24FN5O2S/c1-4-5-6-9-29-18-8-7-15(11-17(18)22)24-21(30)25-20(28)16-12-23-19-10-13(2)26-27(19)14(16)3/h7-8,10-12H,4-6,9H2,1-3H3,(H2,24,25,28,30). The molecular formula is C21H24FN5O2S. The van der Waals surface area contributed by atoms with Crippen LogP contribution in [0.15, 0.2) is 30.5 Å². The van der Waals surface area contributed by atoms with E-state index in [2.05, 4.69) is 27.6 Å². The molecule has 0 fully saturated rings. The molecule has 0 spiro atoms. The van der Waals surface area contributed by atoms with Gasteiger partial charge >= 0.3 is 0 Å². The number of hydrogen-bond acceptors (Lipinski definition) is 5. The van der Waals surface area contributed by atoms with Crippen molar-refractivity contribution in [1.29, 1.82) is 0 Å². The minimum Gasteiger partial charge on any atom is -0.491 e. The molecule has 1 amide bonds. The molecule has 158 valence electrons. The zero-order valence-electron chi connectivity index (χ0n) is 17.2. The number of unbranched alkanes of at least 4 members (excludes halogenated alkanes) is 2. The van der Waals surface area contributed by atoms with Gasteiger partial charge in [-0.15, -0.1) is 0 Å². The number of thiocarbonyl (C=S) groups is 1. The maximum atomic E-state index is 14.2. The second-order valence-corrected chi connectivity index (χ2v) is 7.33. The van der Waals surface area contributed by atoms with Crippen molar-refractivity contribution in [3.63, 3.8) is 0 Å². The van der Waals surface area contributed by atoms with Gasteiger partial charge in [0, 0.05) is 24.0 Å². The van der Waals surface area contributed by atoms with Crippen molar-refractivity contribution in [2.75, 3.05) is 11.9 Å². The molecule has 2 N–H and O–H groups in total. The molecule has 0 aliphatic carbocycles. The Kier molecular flexibility index (Phi) is 6.94. The lowest BCUT2D eigenvalue weighted by molar-refractivity contribution is 0.0976. The summed E-state index contributed by atoms with van der Waals surface area (Å²) in [5, 5.41) is 9.77. The first-order chi connectivity index (χ1) is 14.4. The number of halogens is 1. The van der Waals surface area contributed by atoms with Crippen LogP contribution in [0.4, 0.5) is 10.1 Å². The summed E-state index contributed by atoms with van der Waals surface area (Å²) >= 11 is 5.19. The number of amides is 1. The van der Waals surface area contributed by atoms with Gasteiger partial charge in [0.15, 0.2) is 22.3 Å². The molecular weight excluding hydrogens is 405 g/mol. The van der Waals surface area contributed by atoms with E-state index in [1.807, 2.05) is 13.0 Å². The van der Waals surface area contributed by atoms with Crippen LogP contribution in [0.2, 0.25) is 0 Å². The van der Waals surface area contributed by atoms with E-state index in [-0.39, 0.29) is 10.9 Å². The topological polar surface area (TPSA) is 80.5 Å². The maximum Gasteiger partial charge on any atom is 0.260 e. The van der Waals surface area contributed by atoms with Crippen LogP contribution in [-0.4, -0.2) is 32.2 Å². The van der Waals surface area contributed by atoms with E-state index in [4.69, 9.17) is 17.0 Å². The highest BCUT2D eigenvalue weighted by Crippen LogP contribution is 2.21. The Hall–Kier alpha value is -3.07. The lowest BCUT2D eigenvalue weighted by Gasteiger charge is -2.12. The lowest BCUT2D eigenvalue weighted by atomic mass is 10.2. The van der Waals surface area contributed by atoms with E-state index in [9.17, 15) is 9.18 Å². The van der Waals surface area contributed by atoms with Gasteiger partial charge in [0.1, 0.15) is 0 Å². The average Bonchev–Trinajstić information content (AvgIpc) is 3.08. The number of nitrogens with one attached hydrogen (secondary N) is 2. The molecule has 0 radical (unpaired) electrons. The smallest absolute Gasteiger partial charge is 0.260 e. The Bertz CT molecular complexity index is 1080. The van der Waals surface area contributed by atoms with Gasteiger partial charge in [0.05, 0.1) is 23.6 Å². The highest BCUT2D eigenvalue weighted by Gasteiger charge is 2.15. The first-order valence-corrected chi connectivity index (χ1v) is 10.2. The monoisotopic (exact) mass is 429 g/mol.